The van der Waals surface area contributed by atoms with E-state index in [1.54, 1.807) is 18.2 Å². The normalized spacial score (nSPS) is 16.3. The molecule has 1 amide bonds. The second-order valence-corrected chi connectivity index (χ2v) is 11.0. The summed E-state index contributed by atoms with van der Waals surface area (Å²) < 4.78 is 41.2. The minimum Gasteiger partial charge on any atom is -0.346 e. The molecule has 1 aliphatic heterocycles. The largest absolute Gasteiger partial charge is 0.346 e. The summed E-state index contributed by atoms with van der Waals surface area (Å²) in [7, 11) is -3.85. The molecule has 0 bridgehead atoms. The molecule has 34 heavy (non-hydrogen) atoms. The first-order chi connectivity index (χ1) is 16.0. The van der Waals surface area contributed by atoms with Gasteiger partial charge in [-0.25, -0.2) is 12.8 Å². The minimum absolute atomic E-state index is 0.0352. The van der Waals surface area contributed by atoms with Crippen LogP contribution in [-0.4, -0.2) is 20.4 Å². The topological polar surface area (TPSA) is 66.5 Å². The molecule has 1 heterocycles. The molecule has 3 aromatic rings. The number of amides is 1. The molecule has 0 aromatic heterocycles. The maximum absolute atomic E-state index is 13.3. The number of nitrogens with zero attached hydrogens (tertiary/aromatic N) is 1. The van der Waals surface area contributed by atoms with Gasteiger partial charge in [0.2, 0.25) is 0 Å². The summed E-state index contributed by atoms with van der Waals surface area (Å²) in [5.74, 6) is -0.699. The van der Waals surface area contributed by atoms with Crippen molar-refractivity contribution in [2.24, 2.45) is 0 Å². The van der Waals surface area contributed by atoms with E-state index >= 15 is 0 Å². The van der Waals surface area contributed by atoms with Gasteiger partial charge in [-0.2, -0.15) is 0 Å². The van der Waals surface area contributed by atoms with E-state index in [1.807, 2.05) is 20.8 Å². The molecule has 7 heteroatoms. The molecule has 2 atom stereocenters. The molecule has 1 N–H and O–H groups in total. The minimum atomic E-state index is -3.85. The van der Waals surface area contributed by atoms with E-state index in [4.69, 9.17) is 0 Å². The fraction of sp³-hybridized carbons (Fsp3) is 0.296. The first kappa shape index (κ1) is 24.0. The zero-order chi connectivity index (χ0) is 24.8. The number of aryl methyl sites for hydroxylation is 3. The van der Waals surface area contributed by atoms with Crippen molar-refractivity contribution in [3.8, 4) is 0 Å². The fourth-order valence-corrected chi connectivity index (χ4v) is 6.33. The van der Waals surface area contributed by atoms with Gasteiger partial charge in [0.15, 0.2) is 0 Å². The highest BCUT2D eigenvalue weighted by Gasteiger charge is 2.36. The summed E-state index contributed by atoms with van der Waals surface area (Å²) in [6, 6.07) is 13.7. The van der Waals surface area contributed by atoms with E-state index in [2.05, 4.69) is 31.3 Å². The first-order valence-corrected chi connectivity index (χ1v) is 12.7. The highest BCUT2D eigenvalue weighted by molar-refractivity contribution is 7.92. The Morgan fingerprint density at radius 2 is 1.65 bits per heavy atom. The molecule has 0 spiro atoms. The SMILES string of the molecule is Cc1cc(C)c([C@@H](C)NC(=O)c2ccc3c(c2)C[C@H](C)N3S(=O)(=O)c2ccc(F)cc2)cc1C. The molecular formula is C27H29FN2O3S. The van der Waals surface area contributed by atoms with Crippen molar-refractivity contribution < 1.29 is 17.6 Å². The average molecular weight is 481 g/mol. The van der Waals surface area contributed by atoms with Crippen LogP contribution in [0.15, 0.2) is 59.5 Å². The van der Waals surface area contributed by atoms with Gasteiger partial charge in [-0.05, 0) is 111 Å². The molecule has 178 valence electrons. The Morgan fingerprint density at radius 1 is 1.00 bits per heavy atom. The van der Waals surface area contributed by atoms with Gasteiger partial charge in [0.25, 0.3) is 15.9 Å². The molecule has 0 radical (unpaired) electrons. The Labute approximate surface area is 200 Å². The first-order valence-electron chi connectivity index (χ1n) is 11.3. The van der Waals surface area contributed by atoms with E-state index in [9.17, 15) is 17.6 Å². The number of carbonyl (C=O) groups is 1. The van der Waals surface area contributed by atoms with Gasteiger partial charge < -0.3 is 5.32 Å². The van der Waals surface area contributed by atoms with Crippen LogP contribution >= 0.6 is 0 Å². The van der Waals surface area contributed by atoms with Crippen molar-refractivity contribution in [3.05, 3.63) is 93.8 Å². The summed E-state index contributed by atoms with van der Waals surface area (Å²) in [4.78, 5) is 13.1. The Hall–Kier alpha value is -3.19. The van der Waals surface area contributed by atoms with Crippen molar-refractivity contribution in [2.45, 2.75) is 58.0 Å². The number of halogens is 1. The number of sulfonamides is 1. The van der Waals surface area contributed by atoms with Crippen molar-refractivity contribution in [1.29, 1.82) is 0 Å². The van der Waals surface area contributed by atoms with E-state index < -0.39 is 15.8 Å². The number of carbonyl (C=O) groups excluding carboxylic acids is 1. The van der Waals surface area contributed by atoms with Gasteiger partial charge >= 0.3 is 0 Å². The van der Waals surface area contributed by atoms with Crippen molar-refractivity contribution in [3.63, 3.8) is 0 Å². The van der Waals surface area contributed by atoms with Crippen LogP contribution in [0.5, 0.6) is 0 Å². The lowest BCUT2D eigenvalue weighted by atomic mass is 9.96. The summed E-state index contributed by atoms with van der Waals surface area (Å²) >= 11 is 0. The highest BCUT2D eigenvalue weighted by atomic mass is 32.2. The Balaban J connectivity index is 1.58. The van der Waals surface area contributed by atoms with Gasteiger partial charge in [0, 0.05) is 11.6 Å². The maximum Gasteiger partial charge on any atom is 0.264 e. The van der Waals surface area contributed by atoms with E-state index in [0.717, 1.165) is 28.8 Å². The van der Waals surface area contributed by atoms with Crippen LogP contribution in [-0.2, 0) is 16.4 Å². The molecular weight excluding hydrogens is 451 g/mol. The third kappa shape index (κ3) is 4.32. The lowest BCUT2D eigenvalue weighted by molar-refractivity contribution is 0.0939. The van der Waals surface area contributed by atoms with Gasteiger partial charge in [0.05, 0.1) is 16.6 Å². The molecule has 0 aliphatic carbocycles. The van der Waals surface area contributed by atoms with Gasteiger partial charge in [-0.3, -0.25) is 9.10 Å². The Kier molecular flexibility index (Phi) is 6.25. The predicted octanol–water partition coefficient (Wildman–Crippen LogP) is 5.38. The smallest absolute Gasteiger partial charge is 0.264 e. The molecule has 0 unspecified atom stereocenters. The number of benzene rings is 3. The summed E-state index contributed by atoms with van der Waals surface area (Å²) in [6.07, 6.45) is 0.489. The Morgan fingerprint density at radius 3 is 2.32 bits per heavy atom. The molecule has 0 fully saturated rings. The zero-order valence-electron chi connectivity index (χ0n) is 20.0. The molecule has 3 aromatic carbocycles. The van der Waals surface area contributed by atoms with Crippen LogP contribution in [0.4, 0.5) is 10.1 Å². The lowest BCUT2D eigenvalue weighted by Gasteiger charge is -2.24. The molecule has 0 saturated carbocycles. The number of anilines is 1. The number of fused-ring (bicyclic) bond motifs is 1. The van der Waals surface area contributed by atoms with Crippen LogP contribution in [0, 0.1) is 26.6 Å². The average Bonchev–Trinajstić information content (AvgIpc) is 3.12. The van der Waals surface area contributed by atoms with Crippen LogP contribution in [0.2, 0.25) is 0 Å². The summed E-state index contributed by atoms with van der Waals surface area (Å²) in [6.45, 7) is 9.95. The van der Waals surface area contributed by atoms with Crippen molar-refractivity contribution in [1.82, 2.24) is 5.32 Å². The van der Waals surface area contributed by atoms with Crippen LogP contribution in [0.3, 0.4) is 0 Å². The second-order valence-electron chi connectivity index (χ2n) is 9.14. The van der Waals surface area contributed by atoms with E-state index in [1.165, 1.54) is 27.6 Å². The molecule has 1 aliphatic rings. The Bertz CT molecular complexity index is 1370. The van der Waals surface area contributed by atoms with Gasteiger partial charge in [-0.15, -0.1) is 0 Å². The summed E-state index contributed by atoms with van der Waals surface area (Å²) in [5.41, 5.74) is 6.42. The summed E-state index contributed by atoms with van der Waals surface area (Å²) in [5, 5.41) is 3.07. The molecule has 5 nitrogen and oxygen atoms in total. The standard InChI is InChI=1S/C27H29FN2O3S/c1-16-12-18(3)25(13-17(16)2)20(5)29-27(31)21-6-11-26-22(15-21)14-19(4)30(26)34(32,33)24-9-7-23(28)8-10-24/h6-13,15,19-20H,14H2,1-5H3,(H,29,31)/t19-,20+/m0/s1. The predicted molar refractivity (Wildman–Crippen MR) is 132 cm³/mol. The molecule has 0 saturated heterocycles. The number of hydrogen-bond donors (Lipinski definition) is 1. The highest BCUT2D eigenvalue weighted by Crippen LogP contribution is 2.37. The third-order valence-electron chi connectivity index (χ3n) is 6.56. The van der Waals surface area contributed by atoms with Gasteiger partial charge in [-0.1, -0.05) is 12.1 Å². The van der Waals surface area contributed by atoms with Crippen molar-refractivity contribution in [2.75, 3.05) is 4.31 Å². The molecule has 4 rings (SSSR count). The van der Waals surface area contributed by atoms with Crippen LogP contribution in [0.1, 0.15) is 58.1 Å². The van der Waals surface area contributed by atoms with Crippen LogP contribution < -0.4 is 9.62 Å². The van der Waals surface area contributed by atoms with Gasteiger partial charge in [0.1, 0.15) is 5.82 Å². The second kappa shape index (κ2) is 8.87. The maximum atomic E-state index is 13.3. The van der Waals surface area contributed by atoms with Crippen LogP contribution in [0.25, 0.3) is 0 Å². The van der Waals surface area contributed by atoms with E-state index in [-0.39, 0.29) is 22.9 Å². The number of nitrogens with one attached hydrogen (secondary N) is 1. The third-order valence-corrected chi connectivity index (χ3v) is 8.50. The zero-order valence-corrected chi connectivity index (χ0v) is 20.8. The fourth-order valence-electron chi connectivity index (χ4n) is 4.64. The lowest BCUT2D eigenvalue weighted by Crippen LogP contribution is -2.35. The number of hydrogen-bond acceptors (Lipinski definition) is 3. The number of rotatable bonds is 5. The quantitative estimate of drug-likeness (QED) is 0.533. The van der Waals surface area contributed by atoms with E-state index in [0.29, 0.717) is 17.7 Å². The van der Waals surface area contributed by atoms with Crippen molar-refractivity contribution >= 4 is 21.6 Å². The monoisotopic (exact) mass is 480 g/mol.